The number of esters is 1. The predicted octanol–water partition coefficient (Wildman–Crippen LogP) is 6.46. The van der Waals surface area contributed by atoms with Crippen molar-refractivity contribution in [2.75, 3.05) is 13.7 Å². The molecule has 2 aromatic carbocycles. The number of hydrogen-bond acceptors (Lipinski definition) is 6. The van der Waals surface area contributed by atoms with Crippen LogP contribution in [0.4, 0.5) is 13.2 Å². The Balaban J connectivity index is 1.76. The van der Waals surface area contributed by atoms with Crippen molar-refractivity contribution in [2.24, 2.45) is 5.41 Å². The summed E-state index contributed by atoms with van der Waals surface area (Å²) in [6.45, 7) is 7.65. The Hall–Kier alpha value is -3.75. The van der Waals surface area contributed by atoms with Gasteiger partial charge < -0.3 is 19.5 Å². The van der Waals surface area contributed by atoms with Crippen molar-refractivity contribution in [3.05, 3.63) is 81.7 Å². The summed E-state index contributed by atoms with van der Waals surface area (Å²) in [7, 11) is 1.48. The van der Waals surface area contributed by atoms with E-state index >= 15 is 0 Å². The zero-order valence-corrected chi connectivity index (χ0v) is 22.6. The normalized spacial score (nSPS) is 18.9. The lowest BCUT2D eigenvalue weighted by atomic mass is 9.68. The standard InChI is InChI=1S/C30H32F3NO5/c1-6-38-28(36)25-17(2)34-22-14-29(3,4)15-23(35)27(22)26(25)18-10-11-24(37-5)19(12-18)16-39-21-9-7-8-20(13-21)30(31,32)33/h7-13,26,34H,6,14-16H2,1-5H3/t26-/m1/s1. The quantitative estimate of drug-likeness (QED) is 0.404. The number of hydrogen-bond donors (Lipinski definition) is 1. The largest absolute Gasteiger partial charge is 0.496 e. The molecule has 1 heterocycles. The van der Waals surface area contributed by atoms with Gasteiger partial charge in [-0.25, -0.2) is 4.79 Å². The zero-order valence-electron chi connectivity index (χ0n) is 22.6. The molecule has 0 saturated carbocycles. The van der Waals surface area contributed by atoms with Gasteiger partial charge in [-0.05, 0) is 61.6 Å². The maximum absolute atomic E-state index is 13.5. The topological polar surface area (TPSA) is 73.9 Å². The van der Waals surface area contributed by atoms with Gasteiger partial charge in [0.25, 0.3) is 0 Å². The summed E-state index contributed by atoms with van der Waals surface area (Å²) >= 11 is 0. The molecule has 0 amide bonds. The van der Waals surface area contributed by atoms with Crippen LogP contribution >= 0.6 is 0 Å². The predicted molar refractivity (Wildman–Crippen MR) is 139 cm³/mol. The number of ether oxygens (including phenoxy) is 3. The zero-order chi connectivity index (χ0) is 28.5. The SMILES string of the molecule is CCOC(=O)C1=C(C)NC2=C(C(=O)CC(C)(C)C2)[C@@H]1c1ccc(OC)c(COc2cccc(C(F)(F)F)c2)c1. The van der Waals surface area contributed by atoms with Crippen molar-refractivity contribution in [3.63, 3.8) is 0 Å². The monoisotopic (exact) mass is 543 g/mol. The lowest BCUT2D eigenvalue weighted by molar-refractivity contribution is -0.139. The number of rotatable bonds is 7. The van der Waals surface area contributed by atoms with E-state index in [2.05, 4.69) is 5.32 Å². The van der Waals surface area contributed by atoms with Crippen LogP contribution in [-0.4, -0.2) is 25.5 Å². The number of carbonyl (C=O) groups is 2. The van der Waals surface area contributed by atoms with Crippen LogP contribution in [0.2, 0.25) is 0 Å². The molecular weight excluding hydrogens is 511 g/mol. The van der Waals surface area contributed by atoms with Crippen LogP contribution in [0.25, 0.3) is 0 Å². The van der Waals surface area contributed by atoms with Gasteiger partial charge >= 0.3 is 12.1 Å². The Morgan fingerprint density at radius 1 is 1.13 bits per heavy atom. The van der Waals surface area contributed by atoms with Crippen LogP contribution in [-0.2, 0) is 27.1 Å². The minimum atomic E-state index is -4.49. The number of methoxy groups -OCH3 is 1. The first-order valence-electron chi connectivity index (χ1n) is 12.7. The molecule has 0 radical (unpaired) electrons. The van der Waals surface area contributed by atoms with Gasteiger partial charge in [0.2, 0.25) is 0 Å². The second-order valence-electron chi connectivity index (χ2n) is 10.5. The molecule has 2 aliphatic rings. The summed E-state index contributed by atoms with van der Waals surface area (Å²) in [4.78, 5) is 26.6. The Bertz CT molecular complexity index is 1360. The second kappa shape index (κ2) is 10.8. The average molecular weight is 544 g/mol. The van der Waals surface area contributed by atoms with E-state index in [4.69, 9.17) is 14.2 Å². The summed E-state index contributed by atoms with van der Waals surface area (Å²) in [6, 6.07) is 9.91. The van der Waals surface area contributed by atoms with Gasteiger partial charge in [0.15, 0.2) is 5.78 Å². The van der Waals surface area contributed by atoms with Gasteiger partial charge in [-0.15, -0.1) is 0 Å². The molecule has 0 saturated heterocycles. The second-order valence-corrected chi connectivity index (χ2v) is 10.5. The van der Waals surface area contributed by atoms with Gasteiger partial charge in [-0.2, -0.15) is 13.2 Å². The van der Waals surface area contributed by atoms with Crippen molar-refractivity contribution in [1.82, 2.24) is 5.32 Å². The Kier molecular flexibility index (Phi) is 7.82. The third-order valence-corrected chi connectivity index (χ3v) is 6.93. The summed E-state index contributed by atoms with van der Waals surface area (Å²) in [6.07, 6.45) is -3.52. The molecule has 9 heteroatoms. The lowest BCUT2D eigenvalue weighted by Gasteiger charge is -2.39. The number of ketones is 1. The molecule has 0 spiro atoms. The molecule has 0 fully saturated rings. The van der Waals surface area contributed by atoms with Crippen molar-refractivity contribution >= 4 is 11.8 Å². The molecule has 39 heavy (non-hydrogen) atoms. The van der Waals surface area contributed by atoms with E-state index in [-0.39, 0.29) is 30.2 Å². The molecule has 2 aromatic rings. The van der Waals surface area contributed by atoms with E-state index in [0.29, 0.717) is 46.6 Å². The highest BCUT2D eigenvalue weighted by Gasteiger charge is 2.43. The highest BCUT2D eigenvalue weighted by atomic mass is 19.4. The van der Waals surface area contributed by atoms with Crippen molar-refractivity contribution in [2.45, 2.75) is 59.2 Å². The molecule has 1 aliphatic heterocycles. The van der Waals surface area contributed by atoms with Crippen molar-refractivity contribution in [1.29, 1.82) is 0 Å². The van der Waals surface area contributed by atoms with E-state index in [0.717, 1.165) is 17.8 Å². The van der Waals surface area contributed by atoms with Gasteiger partial charge in [-0.3, -0.25) is 4.79 Å². The first-order chi connectivity index (χ1) is 18.3. The van der Waals surface area contributed by atoms with E-state index in [1.807, 2.05) is 13.8 Å². The average Bonchev–Trinajstić information content (AvgIpc) is 2.85. The molecule has 1 aliphatic carbocycles. The maximum atomic E-state index is 13.5. The fraction of sp³-hybridized carbons (Fsp3) is 0.400. The minimum Gasteiger partial charge on any atom is -0.496 e. The number of allylic oxidation sites excluding steroid dienone is 3. The fourth-order valence-electron chi connectivity index (χ4n) is 5.26. The number of Topliss-reactive ketones (excluding diaryl/α,β-unsaturated/α-hetero) is 1. The number of carbonyl (C=O) groups excluding carboxylic acids is 2. The van der Waals surface area contributed by atoms with E-state index in [9.17, 15) is 22.8 Å². The molecule has 4 rings (SSSR count). The summed E-state index contributed by atoms with van der Waals surface area (Å²) in [5, 5.41) is 3.29. The highest BCUT2D eigenvalue weighted by molar-refractivity contribution is 6.04. The van der Waals surface area contributed by atoms with Crippen LogP contribution in [0.1, 0.15) is 63.1 Å². The first-order valence-corrected chi connectivity index (χ1v) is 12.7. The molecule has 1 N–H and O–H groups in total. The third kappa shape index (κ3) is 5.97. The molecule has 208 valence electrons. The maximum Gasteiger partial charge on any atom is 0.416 e. The number of nitrogens with one attached hydrogen (secondary N) is 1. The summed E-state index contributed by atoms with van der Waals surface area (Å²) < 4.78 is 56.1. The van der Waals surface area contributed by atoms with Crippen LogP contribution in [0.5, 0.6) is 11.5 Å². The number of dihydropyridines is 1. The van der Waals surface area contributed by atoms with Gasteiger partial charge in [0, 0.05) is 34.9 Å². The van der Waals surface area contributed by atoms with Crippen LogP contribution in [0.15, 0.2) is 65.0 Å². The van der Waals surface area contributed by atoms with Gasteiger partial charge in [-0.1, -0.05) is 26.0 Å². The van der Waals surface area contributed by atoms with Crippen LogP contribution < -0.4 is 14.8 Å². The number of benzene rings is 2. The van der Waals surface area contributed by atoms with Gasteiger partial charge in [0.05, 0.1) is 24.9 Å². The van der Waals surface area contributed by atoms with Crippen LogP contribution in [0.3, 0.4) is 0 Å². The molecule has 0 bridgehead atoms. The van der Waals surface area contributed by atoms with E-state index in [1.54, 1.807) is 32.0 Å². The Labute approximate surface area is 225 Å². The Morgan fingerprint density at radius 3 is 2.54 bits per heavy atom. The van der Waals surface area contributed by atoms with E-state index < -0.39 is 23.6 Å². The molecule has 6 nitrogen and oxygen atoms in total. The molecular formula is C30H32F3NO5. The van der Waals surface area contributed by atoms with Crippen molar-refractivity contribution < 1.29 is 37.0 Å². The fourth-order valence-corrected chi connectivity index (χ4v) is 5.26. The highest BCUT2D eigenvalue weighted by Crippen LogP contribution is 2.47. The number of alkyl halides is 3. The summed E-state index contributed by atoms with van der Waals surface area (Å²) in [5.74, 6) is -0.734. The molecule has 0 aromatic heterocycles. The summed E-state index contributed by atoms with van der Waals surface area (Å²) in [5.41, 5.74) is 2.42. The first kappa shape index (κ1) is 28.3. The number of halogens is 3. The van der Waals surface area contributed by atoms with Crippen molar-refractivity contribution in [3.8, 4) is 11.5 Å². The van der Waals surface area contributed by atoms with Crippen LogP contribution in [0, 0.1) is 5.41 Å². The molecule has 1 atom stereocenters. The van der Waals surface area contributed by atoms with Gasteiger partial charge in [0.1, 0.15) is 18.1 Å². The minimum absolute atomic E-state index is 0.0503. The third-order valence-electron chi connectivity index (χ3n) is 6.93. The lowest BCUT2D eigenvalue weighted by Crippen LogP contribution is -2.38. The smallest absolute Gasteiger partial charge is 0.416 e. The van der Waals surface area contributed by atoms with E-state index in [1.165, 1.54) is 19.2 Å². The Morgan fingerprint density at radius 2 is 1.87 bits per heavy atom. The molecule has 0 unspecified atom stereocenters.